The summed E-state index contributed by atoms with van der Waals surface area (Å²) in [5, 5.41) is 2.85. The molecule has 1 N–H and O–H groups in total. The Morgan fingerprint density at radius 3 is 2.10 bits per heavy atom. The van der Waals surface area contributed by atoms with Crippen LogP contribution < -0.4 is 29.0 Å². The first-order chi connectivity index (χ1) is 14.9. The number of hydrogen-bond acceptors (Lipinski definition) is 6. The number of methoxy groups -OCH3 is 4. The first-order valence-corrected chi connectivity index (χ1v) is 9.97. The number of rotatable bonds is 11. The zero-order chi connectivity index (χ0) is 22.8. The van der Waals surface area contributed by atoms with Crippen molar-refractivity contribution >= 4 is 12.0 Å². The predicted octanol–water partition coefficient (Wildman–Crippen LogP) is 4.09. The second kappa shape index (κ2) is 11.7. The van der Waals surface area contributed by atoms with Gasteiger partial charge in [0.1, 0.15) is 5.75 Å². The van der Waals surface area contributed by atoms with E-state index in [1.165, 1.54) is 6.08 Å². The van der Waals surface area contributed by atoms with Gasteiger partial charge in [0, 0.05) is 24.3 Å². The number of nitrogens with one attached hydrogen (secondary N) is 1. The topological polar surface area (TPSA) is 75.2 Å². The summed E-state index contributed by atoms with van der Waals surface area (Å²) in [6, 6.07) is 9.05. The third kappa shape index (κ3) is 6.84. The lowest BCUT2D eigenvalue weighted by atomic mass is 10.1. The quantitative estimate of drug-likeness (QED) is 0.543. The summed E-state index contributed by atoms with van der Waals surface area (Å²) in [6.07, 6.45) is 3.19. The van der Waals surface area contributed by atoms with Gasteiger partial charge < -0.3 is 29.0 Å². The molecule has 0 fully saturated rings. The van der Waals surface area contributed by atoms with Gasteiger partial charge in [-0.25, -0.2) is 0 Å². The first kappa shape index (κ1) is 23.9. The van der Waals surface area contributed by atoms with Crippen LogP contribution in [0, 0.1) is 5.92 Å². The zero-order valence-electron chi connectivity index (χ0n) is 19.0. The van der Waals surface area contributed by atoms with E-state index in [-0.39, 0.29) is 12.5 Å². The SMILES string of the molecule is COc1cc(OC)c(OC)cc1CNC(=O)/C=C/c1ccc(OCC(C)C)c(OC)c1. The highest BCUT2D eigenvalue weighted by atomic mass is 16.5. The van der Waals surface area contributed by atoms with Gasteiger partial charge in [-0.3, -0.25) is 4.79 Å². The van der Waals surface area contributed by atoms with Crippen molar-refractivity contribution in [3.63, 3.8) is 0 Å². The molecular formula is C24H31NO6. The third-order valence-corrected chi connectivity index (χ3v) is 4.43. The molecule has 0 aromatic heterocycles. The highest BCUT2D eigenvalue weighted by Gasteiger charge is 2.12. The lowest BCUT2D eigenvalue weighted by molar-refractivity contribution is -0.116. The van der Waals surface area contributed by atoms with E-state index < -0.39 is 0 Å². The van der Waals surface area contributed by atoms with Crippen LogP contribution in [0.1, 0.15) is 25.0 Å². The van der Waals surface area contributed by atoms with E-state index in [0.717, 1.165) is 11.1 Å². The van der Waals surface area contributed by atoms with Crippen LogP contribution in [0.2, 0.25) is 0 Å². The number of ether oxygens (including phenoxy) is 5. The minimum atomic E-state index is -0.240. The van der Waals surface area contributed by atoms with Crippen LogP contribution in [-0.2, 0) is 11.3 Å². The minimum Gasteiger partial charge on any atom is -0.496 e. The van der Waals surface area contributed by atoms with Crippen molar-refractivity contribution < 1.29 is 28.5 Å². The molecule has 0 aliphatic rings. The summed E-state index contributed by atoms with van der Waals surface area (Å²) >= 11 is 0. The van der Waals surface area contributed by atoms with Crippen molar-refractivity contribution in [2.24, 2.45) is 5.92 Å². The van der Waals surface area contributed by atoms with E-state index in [0.29, 0.717) is 41.3 Å². The first-order valence-electron chi connectivity index (χ1n) is 9.97. The molecule has 0 atom stereocenters. The Bertz CT molecular complexity index is 907. The Kier molecular flexibility index (Phi) is 9.06. The molecule has 0 aliphatic heterocycles. The molecule has 1 amide bonds. The molecule has 0 saturated carbocycles. The van der Waals surface area contributed by atoms with E-state index >= 15 is 0 Å². The van der Waals surface area contributed by atoms with Gasteiger partial charge in [-0.2, -0.15) is 0 Å². The van der Waals surface area contributed by atoms with Crippen molar-refractivity contribution in [3.8, 4) is 28.7 Å². The number of amides is 1. The van der Waals surface area contributed by atoms with Crippen molar-refractivity contribution in [2.45, 2.75) is 20.4 Å². The van der Waals surface area contributed by atoms with Crippen molar-refractivity contribution in [2.75, 3.05) is 35.0 Å². The fraction of sp³-hybridized carbons (Fsp3) is 0.375. The molecule has 7 nitrogen and oxygen atoms in total. The van der Waals surface area contributed by atoms with Crippen LogP contribution in [0.5, 0.6) is 28.7 Å². The number of benzene rings is 2. The molecular weight excluding hydrogens is 398 g/mol. The molecule has 2 aromatic carbocycles. The van der Waals surface area contributed by atoms with Gasteiger partial charge in [0.2, 0.25) is 5.91 Å². The summed E-state index contributed by atoms with van der Waals surface area (Å²) in [7, 11) is 6.27. The molecule has 0 unspecified atom stereocenters. The summed E-state index contributed by atoms with van der Waals surface area (Å²) in [4.78, 5) is 12.3. The number of carbonyl (C=O) groups is 1. The molecule has 0 heterocycles. The van der Waals surface area contributed by atoms with Gasteiger partial charge in [-0.1, -0.05) is 19.9 Å². The highest BCUT2D eigenvalue weighted by molar-refractivity contribution is 5.91. The third-order valence-electron chi connectivity index (χ3n) is 4.43. The van der Waals surface area contributed by atoms with Crippen LogP contribution in [-0.4, -0.2) is 41.0 Å². The standard InChI is InChI=1S/C24H31NO6/c1-16(2)15-31-19-9-7-17(11-21(19)28-4)8-10-24(26)25-14-18-12-22(29-5)23(30-6)13-20(18)27-3/h7-13,16H,14-15H2,1-6H3,(H,25,26)/b10-8+. The molecule has 7 heteroatoms. The molecule has 0 spiro atoms. The van der Waals surface area contributed by atoms with Gasteiger partial charge in [-0.15, -0.1) is 0 Å². The largest absolute Gasteiger partial charge is 0.496 e. The smallest absolute Gasteiger partial charge is 0.244 e. The fourth-order valence-corrected chi connectivity index (χ4v) is 2.81. The van der Waals surface area contributed by atoms with Crippen LogP contribution in [0.3, 0.4) is 0 Å². The maximum absolute atomic E-state index is 12.3. The number of hydrogen-bond donors (Lipinski definition) is 1. The van der Waals surface area contributed by atoms with Gasteiger partial charge >= 0.3 is 0 Å². The van der Waals surface area contributed by atoms with E-state index in [1.54, 1.807) is 46.6 Å². The Morgan fingerprint density at radius 1 is 0.871 bits per heavy atom. The van der Waals surface area contributed by atoms with Gasteiger partial charge in [-0.05, 0) is 35.8 Å². The van der Waals surface area contributed by atoms with E-state index in [9.17, 15) is 4.79 Å². The maximum Gasteiger partial charge on any atom is 0.244 e. The highest BCUT2D eigenvalue weighted by Crippen LogP contribution is 2.34. The molecule has 0 radical (unpaired) electrons. The second-order valence-electron chi connectivity index (χ2n) is 7.19. The normalized spacial score (nSPS) is 10.8. The molecule has 0 aliphatic carbocycles. The van der Waals surface area contributed by atoms with E-state index in [2.05, 4.69) is 19.2 Å². The molecule has 0 saturated heterocycles. The van der Waals surface area contributed by atoms with Crippen LogP contribution in [0.25, 0.3) is 6.08 Å². The average molecular weight is 430 g/mol. The molecule has 2 aromatic rings. The van der Waals surface area contributed by atoms with Gasteiger partial charge in [0.25, 0.3) is 0 Å². The summed E-state index contributed by atoms with van der Waals surface area (Å²) in [6.45, 7) is 5.05. The lowest BCUT2D eigenvalue weighted by Gasteiger charge is -2.14. The Morgan fingerprint density at radius 2 is 1.48 bits per heavy atom. The Balaban J connectivity index is 2.04. The monoisotopic (exact) mass is 429 g/mol. The lowest BCUT2D eigenvalue weighted by Crippen LogP contribution is -2.20. The van der Waals surface area contributed by atoms with E-state index in [4.69, 9.17) is 23.7 Å². The average Bonchev–Trinajstić information content (AvgIpc) is 2.79. The van der Waals surface area contributed by atoms with Crippen LogP contribution >= 0.6 is 0 Å². The maximum atomic E-state index is 12.3. The molecule has 168 valence electrons. The summed E-state index contributed by atoms with van der Waals surface area (Å²) in [5.41, 5.74) is 1.60. The molecule has 31 heavy (non-hydrogen) atoms. The fourth-order valence-electron chi connectivity index (χ4n) is 2.81. The van der Waals surface area contributed by atoms with E-state index in [1.807, 2.05) is 18.2 Å². The Hall–Kier alpha value is -3.35. The minimum absolute atomic E-state index is 0.240. The zero-order valence-corrected chi connectivity index (χ0v) is 19.0. The van der Waals surface area contributed by atoms with Crippen molar-refractivity contribution in [3.05, 3.63) is 47.5 Å². The van der Waals surface area contributed by atoms with Crippen LogP contribution in [0.15, 0.2) is 36.4 Å². The summed E-state index contributed by atoms with van der Waals surface area (Å²) < 4.78 is 27.1. The van der Waals surface area contributed by atoms with Crippen molar-refractivity contribution in [1.29, 1.82) is 0 Å². The van der Waals surface area contributed by atoms with Gasteiger partial charge in [0.05, 0.1) is 35.0 Å². The van der Waals surface area contributed by atoms with Crippen LogP contribution in [0.4, 0.5) is 0 Å². The molecule has 0 bridgehead atoms. The second-order valence-corrected chi connectivity index (χ2v) is 7.19. The van der Waals surface area contributed by atoms with Gasteiger partial charge in [0.15, 0.2) is 23.0 Å². The predicted molar refractivity (Wildman–Crippen MR) is 120 cm³/mol. The number of carbonyl (C=O) groups excluding carboxylic acids is 1. The Labute approximate surface area is 183 Å². The van der Waals surface area contributed by atoms with Crippen molar-refractivity contribution in [1.82, 2.24) is 5.32 Å². The summed E-state index contributed by atoms with van der Waals surface area (Å²) in [5.74, 6) is 3.20. The molecule has 2 rings (SSSR count).